The van der Waals surface area contributed by atoms with Crippen molar-refractivity contribution in [1.82, 2.24) is 15.2 Å². The summed E-state index contributed by atoms with van der Waals surface area (Å²) >= 11 is 9.42. The number of hydrogen-bond acceptors (Lipinski definition) is 3. The van der Waals surface area contributed by atoms with E-state index >= 15 is 0 Å². The third-order valence-electron chi connectivity index (χ3n) is 7.29. The van der Waals surface area contributed by atoms with Crippen LogP contribution in [-0.4, -0.2) is 34.9 Å². The molecule has 3 amide bonds. The molecule has 0 radical (unpaired) electrons. The van der Waals surface area contributed by atoms with Gasteiger partial charge >= 0.3 is 6.03 Å². The lowest BCUT2D eigenvalue weighted by atomic mass is 9.63. The number of aromatic nitrogens is 1. The first-order valence-electron chi connectivity index (χ1n) is 11.9. The van der Waals surface area contributed by atoms with Crippen molar-refractivity contribution in [2.45, 2.75) is 31.8 Å². The molecule has 192 valence electrons. The molecule has 2 atom stereocenters. The summed E-state index contributed by atoms with van der Waals surface area (Å²) in [5, 5.41) is 2.90. The number of carbonyl (C=O) groups is 2. The Morgan fingerprint density at radius 1 is 1.14 bits per heavy atom. The molecular formula is C27H24BrClF2N4O2. The Labute approximate surface area is 226 Å². The molecular weight excluding hydrogens is 566 g/mol. The smallest absolute Gasteiger partial charge is 0.317 e. The number of β-lactam (4-membered cyclic amide) rings is 1. The molecule has 10 heteroatoms. The Bertz CT molecular complexity index is 1330. The highest BCUT2D eigenvalue weighted by Gasteiger charge is 2.62. The Morgan fingerprint density at radius 2 is 1.84 bits per heavy atom. The van der Waals surface area contributed by atoms with E-state index in [9.17, 15) is 18.4 Å². The van der Waals surface area contributed by atoms with Crippen LogP contribution in [-0.2, 0) is 4.79 Å². The predicted molar refractivity (Wildman–Crippen MR) is 140 cm³/mol. The van der Waals surface area contributed by atoms with Crippen LogP contribution < -0.4 is 10.2 Å². The molecule has 0 saturated carbocycles. The van der Waals surface area contributed by atoms with Crippen LogP contribution in [0.4, 0.5) is 19.3 Å². The molecule has 1 spiro atoms. The molecule has 3 heterocycles. The molecule has 1 unspecified atom stereocenters. The zero-order chi connectivity index (χ0) is 26.3. The predicted octanol–water partition coefficient (Wildman–Crippen LogP) is 6.42. The fourth-order valence-corrected chi connectivity index (χ4v) is 5.64. The molecule has 37 heavy (non-hydrogen) atoms. The molecule has 5 rings (SSSR count). The van der Waals surface area contributed by atoms with Crippen molar-refractivity contribution in [3.63, 3.8) is 0 Å². The molecule has 2 fully saturated rings. The number of piperidine rings is 1. The zero-order valence-electron chi connectivity index (χ0n) is 19.9. The van der Waals surface area contributed by atoms with Gasteiger partial charge in [-0.25, -0.2) is 13.6 Å². The van der Waals surface area contributed by atoms with Crippen LogP contribution in [0.2, 0.25) is 5.02 Å². The van der Waals surface area contributed by atoms with Crippen LogP contribution in [0.25, 0.3) is 0 Å². The maximum atomic E-state index is 13.8. The van der Waals surface area contributed by atoms with Gasteiger partial charge in [0.25, 0.3) is 0 Å². The molecule has 1 N–H and O–H groups in total. The van der Waals surface area contributed by atoms with Crippen LogP contribution in [0, 0.1) is 17.0 Å². The average Bonchev–Trinajstić information content (AvgIpc) is 2.90. The van der Waals surface area contributed by atoms with Gasteiger partial charge in [0, 0.05) is 29.4 Å². The van der Waals surface area contributed by atoms with E-state index in [0.717, 1.165) is 10.0 Å². The Hall–Kier alpha value is -3.04. The second-order valence-electron chi connectivity index (χ2n) is 9.44. The van der Waals surface area contributed by atoms with Crippen LogP contribution in [0.3, 0.4) is 0 Å². The van der Waals surface area contributed by atoms with Crippen molar-refractivity contribution in [2.24, 2.45) is 5.41 Å². The van der Waals surface area contributed by atoms with Gasteiger partial charge in [0.15, 0.2) is 0 Å². The molecule has 0 bridgehead atoms. The highest BCUT2D eigenvalue weighted by molar-refractivity contribution is 9.10. The van der Waals surface area contributed by atoms with Crippen LogP contribution in [0.15, 0.2) is 65.3 Å². The Kier molecular flexibility index (Phi) is 6.93. The number of amides is 3. The van der Waals surface area contributed by atoms with Gasteiger partial charge in [-0.1, -0.05) is 23.7 Å². The number of urea groups is 1. The molecule has 6 nitrogen and oxygen atoms in total. The highest BCUT2D eigenvalue weighted by Crippen LogP contribution is 2.57. The van der Waals surface area contributed by atoms with E-state index in [1.54, 1.807) is 28.1 Å². The Balaban J connectivity index is 1.34. The third-order valence-corrected chi connectivity index (χ3v) is 8.05. The topological polar surface area (TPSA) is 65.5 Å². The molecule has 2 aromatic carbocycles. The summed E-state index contributed by atoms with van der Waals surface area (Å²) in [5.74, 6) is -0.981. The second-order valence-corrected chi connectivity index (χ2v) is 10.8. The minimum atomic E-state index is -0.735. The van der Waals surface area contributed by atoms with E-state index in [-0.39, 0.29) is 34.9 Å². The first kappa shape index (κ1) is 25.6. The summed E-state index contributed by atoms with van der Waals surface area (Å²) in [6.07, 6.45) is 2.59. The SMILES string of the molecule is C[C@H](NC(=O)N1CCC2(CC1)C(=O)N(c1ccc(F)c(Cl)c1)C2c1ccc(Br)cn1)c1ccc(F)cc1. The van der Waals surface area contributed by atoms with Gasteiger partial charge in [-0.2, -0.15) is 0 Å². The molecule has 1 aromatic heterocycles. The lowest BCUT2D eigenvalue weighted by molar-refractivity contribution is -0.144. The number of rotatable bonds is 4. The Morgan fingerprint density at radius 3 is 2.46 bits per heavy atom. The number of hydrogen-bond donors (Lipinski definition) is 1. The number of carbonyl (C=O) groups excluding carboxylic acids is 2. The normalized spacial score (nSPS) is 19.5. The van der Waals surface area contributed by atoms with Crippen molar-refractivity contribution >= 4 is 45.2 Å². The summed E-state index contributed by atoms with van der Waals surface area (Å²) in [5.41, 5.74) is 1.28. The fraction of sp³-hybridized carbons (Fsp3) is 0.296. The summed E-state index contributed by atoms with van der Waals surface area (Å²) in [6.45, 7) is 2.62. The van der Waals surface area contributed by atoms with E-state index in [1.165, 1.54) is 30.3 Å². The quantitative estimate of drug-likeness (QED) is 0.358. The number of benzene rings is 2. The largest absolute Gasteiger partial charge is 0.331 e. The minimum Gasteiger partial charge on any atom is -0.331 e. The average molecular weight is 590 g/mol. The molecule has 2 aliphatic rings. The van der Waals surface area contributed by atoms with E-state index < -0.39 is 11.2 Å². The van der Waals surface area contributed by atoms with Crippen molar-refractivity contribution in [1.29, 1.82) is 0 Å². The lowest BCUT2D eigenvalue weighted by Crippen LogP contribution is -2.67. The number of pyridine rings is 1. The maximum Gasteiger partial charge on any atom is 0.317 e. The van der Waals surface area contributed by atoms with Crippen LogP contribution in [0.5, 0.6) is 0 Å². The molecule has 0 aliphatic carbocycles. The molecule has 2 aliphatic heterocycles. The fourth-order valence-electron chi connectivity index (χ4n) is 5.23. The number of nitrogens with zero attached hydrogens (tertiary/aromatic N) is 3. The minimum absolute atomic E-state index is 0.0597. The van der Waals surface area contributed by atoms with Crippen molar-refractivity contribution < 1.29 is 18.4 Å². The molecule has 2 saturated heterocycles. The summed E-state index contributed by atoms with van der Waals surface area (Å²) in [4.78, 5) is 34.5. The van der Waals surface area contributed by atoms with Gasteiger partial charge in [0.1, 0.15) is 11.6 Å². The standard InChI is InChI=1S/C27H24BrClF2N4O2/c1-16(17-2-5-19(30)6-3-17)33-26(37)34-12-10-27(11-13-34)24(23-9-4-18(28)15-32-23)35(25(27)36)20-7-8-22(31)21(29)14-20/h2-9,14-16,24H,10-13H2,1H3,(H,33,37)/t16-,24?/m0/s1. The van der Waals surface area contributed by atoms with Gasteiger partial charge in [-0.05, 0) is 83.7 Å². The number of likely N-dealkylation sites (tertiary alicyclic amines) is 1. The van der Waals surface area contributed by atoms with Crippen LogP contribution >= 0.6 is 27.5 Å². The van der Waals surface area contributed by atoms with E-state index in [4.69, 9.17) is 11.6 Å². The number of nitrogens with one attached hydrogen (secondary N) is 1. The zero-order valence-corrected chi connectivity index (χ0v) is 22.3. The van der Waals surface area contributed by atoms with Gasteiger partial charge in [0.05, 0.1) is 28.2 Å². The third kappa shape index (κ3) is 4.70. The lowest BCUT2D eigenvalue weighted by Gasteiger charge is -2.58. The summed E-state index contributed by atoms with van der Waals surface area (Å²) < 4.78 is 27.9. The summed E-state index contributed by atoms with van der Waals surface area (Å²) in [6, 6.07) is 13.1. The van der Waals surface area contributed by atoms with Gasteiger partial charge in [-0.3, -0.25) is 9.78 Å². The number of anilines is 1. The van der Waals surface area contributed by atoms with Gasteiger partial charge in [-0.15, -0.1) is 0 Å². The van der Waals surface area contributed by atoms with E-state index in [0.29, 0.717) is 37.3 Å². The second kappa shape index (κ2) is 10.0. The molecule has 3 aromatic rings. The first-order valence-corrected chi connectivity index (χ1v) is 13.1. The van der Waals surface area contributed by atoms with Crippen LogP contribution in [0.1, 0.15) is 43.1 Å². The van der Waals surface area contributed by atoms with Crippen molar-refractivity contribution in [2.75, 3.05) is 18.0 Å². The number of halogens is 4. The van der Waals surface area contributed by atoms with E-state index in [2.05, 4.69) is 26.2 Å². The summed E-state index contributed by atoms with van der Waals surface area (Å²) in [7, 11) is 0. The van der Waals surface area contributed by atoms with Crippen molar-refractivity contribution in [3.8, 4) is 0 Å². The first-order chi connectivity index (χ1) is 17.7. The highest BCUT2D eigenvalue weighted by atomic mass is 79.9. The van der Waals surface area contributed by atoms with Gasteiger partial charge in [0.2, 0.25) is 5.91 Å². The van der Waals surface area contributed by atoms with E-state index in [1.807, 2.05) is 19.1 Å². The van der Waals surface area contributed by atoms with Gasteiger partial charge < -0.3 is 15.1 Å². The maximum absolute atomic E-state index is 13.8. The monoisotopic (exact) mass is 588 g/mol. The van der Waals surface area contributed by atoms with Crippen molar-refractivity contribution in [3.05, 3.63) is 93.2 Å².